The summed E-state index contributed by atoms with van der Waals surface area (Å²) < 4.78 is 4.54. The van der Waals surface area contributed by atoms with Gasteiger partial charge in [0, 0.05) is 56.9 Å². The third-order valence-corrected chi connectivity index (χ3v) is 7.62. The normalized spacial score (nSPS) is 13.6. The van der Waals surface area contributed by atoms with Gasteiger partial charge in [0.2, 0.25) is 0 Å². The molecule has 0 spiro atoms. The summed E-state index contributed by atoms with van der Waals surface area (Å²) in [4.78, 5) is 8.81. The van der Waals surface area contributed by atoms with Gasteiger partial charge < -0.3 is 14.5 Å². The van der Waals surface area contributed by atoms with E-state index in [2.05, 4.69) is 128 Å². The van der Waals surface area contributed by atoms with Gasteiger partial charge in [0.15, 0.2) is 0 Å². The highest BCUT2D eigenvalue weighted by Crippen LogP contribution is 2.33. The minimum absolute atomic E-state index is 0.816. The maximum absolute atomic E-state index is 4.41. The number of aromatic nitrogens is 4. The highest BCUT2D eigenvalue weighted by Gasteiger charge is 2.15. The van der Waals surface area contributed by atoms with E-state index in [0.717, 1.165) is 56.9 Å². The molecule has 41 heavy (non-hydrogen) atoms. The van der Waals surface area contributed by atoms with E-state index in [1.165, 1.54) is 16.3 Å². The van der Waals surface area contributed by atoms with Gasteiger partial charge in [-0.25, -0.2) is 0 Å². The molecule has 0 amide bonds. The zero-order valence-electron chi connectivity index (χ0n) is 22.8. The Morgan fingerprint density at radius 3 is 2.29 bits per heavy atom. The van der Waals surface area contributed by atoms with Crippen LogP contribution in [0.1, 0.15) is 24.6 Å². The first-order chi connectivity index (χ1) is 20.3. The zero-order chi connectivity index (χ0) is 27.8. The van der Waals surface area contributed by atoms with Gasteiger partial charge >= 0.3 is 0 Å². The van der Waals surface area contributed by atoms with Gasteiger partial charge in [0.25, 0.3) is 0 Å². The third-order valence-electron chi connectivity index (χ3n) is 7.62. The topological polar surface area (TPSA) is 47.7 Å². The van der Waals surface area contributed by atoms with Crippen molar-refractivity contribution in [1.29, 1.82) is 0 Å². The Kier molecular flexibility index (Phi) is 6.17. The smallest absolute Gasteiger partial charge is 0.0724 e. The lowest BCUT2D eigenvalue weighted by molar-refractivity contribution is 1.10. The summed E-state index contributed by atoms with van der Waals surface area (Å²) in [6.45, 7) is 6.10. The molecule has 4 aromatic heterocycles. The van der Waals surface area contributed by atoms with Crippen LogP contribution in [0.3, 0.4) is 0 Å². The fraction of sp³-hybridized carbons (Fsp3) is 0.0556. The number of hydrogen-bond donors (Lipinski definition) is 1. The van der Waals surface area contributed by atoms with E-state index in [4.69, 9.17) is 0 Å². The molecule has 7 rings (SSSR count). The highest BCUT2D eigenvalue weighted by molar-refractivity contribution is 6.10. The van der Waals surface area contributed by atoms with Gasteiger partial charge in [-0.15, -0.1) is 0 Å². The second kappa shape index (κ2) is 10.3. The number of pyridine rings is 2. The van der Waals surface area contributed by atoms with E-state index < -0.39 is 0 Å². The number of benzene rings is 2. The lowest BCUT2D eigenvalue weighted by atomic mass is 10.1. The maximum atomic E-state index is 4.41. The van der Waals surface area contributed by atoms with Crippen LogP contribution in [-0.4, -0.2) is 19.1 Å². The minimum atomic E-state index is 0.816. The van der Waals surface area contributed by atoms with Crippen molar-refractivity contribution in [1.82, 2.24) is 19.1 Å². The summed E-state index contributed by atoms with van der Waals surface area (Å²) in [7, 11) is 0. The number of hydrogen-bond acceptors (Lipinski definition) is 3. The van der Waals surface area contributed by atoms with Crippen LogP contribution < -0.4 is 5.32 Å². The van der Waals surface area contributed by atoms with Crippen molar-refractivity contribution in [2.24, 2.45) is 0 Å². The van der Waals surface area contributed by atoms with Crippen molar-refractivity contribution in [3.8, 4) is 5.69 Å². The van der Waals surface area contributed by atoms with Crippen LogP contribution in [0.5, 0.6) is 0 Å². The second-order valence-corrected chi connectivity index (χ2v) is 10.0. The van der Waals surface area contributed by atoms with E-state index in [0.29, 0.717) is 0 Å². The van der Waals surface area contributed by atoms with Gasteiger partial charge in [0.1, 0.15) is 0 Å². The fourth-order valence-electron chi connectivity index (χ4n) is 5.83. The van der Waals surface area contributed by atoms with Gasteiger partial charge in [-0.3, -0.25) is 9.97 Å². The van der Waals surface area contributed by atoms with Crippen molar-refractivity contribution in [3.63, 3.8) is 0 Å². The van der Waals surface area contributed by atoms with Crippen LogP contribution in [0, 0.1) is 0 Å². The van der Waals surface area contributed by atoms with Crippen LogP contribution >= 0.6 is 0 Å². The molecule has 0 saturated carbocycles. The molecule has 198 valence electrons. The molecule has 0 bridgehead atoms. The first-order valence-corrected chi connectivity index (χ1v) is 13.8. The Labute approximate surface area is 238 Å². The maximum Gasteiger partial charge on any atom is 0.0724 e. The molecule has 5 heteroatoms. The summed E-state index contributed by atoms with van der Waals surface area (Å²) >= 11 is 0. The molecular weight excluding hydrogens is 502 g/mol. The number of nitrogens with zero attached hydrogens (tertiary/aromatic N) is 4. The molecule has 0 unspecified atom stereocenters. The Balaban J connectivity index is 1.18. The molecule has 1 aliphatic carbocycles. The van der Waals surface area contributed by atoms with Gasteiger partial charge in [-0.05, 0) is 74.0 Å². The summed E-state index contributed by atoms with van der Waals surface area (Å²) in [6.07, 6.45) is 23.3. The third kappa shape index (κ3) is 4.19. The minimum Gasteiger partial charge on any atom is -0.356 e. The van der Waals surface area contributed by atoms with Gasteiger partial charge in [0.05, 0.1) is 34.6 Å². The monoisotopic (exact) mass is 531 g/mol. The largest absolute Gasteiger partial charge is 0.356 e. The Hall–Kier alpha value is -5.42. The molecule has 0 aliphatic heterocycles. The number of rotatable bonds is 6. The number of nitrogens with one attached hydrogen (secondary N) is 1. The number of para-hydroxylation sites is 1. The Morgan fingerprint density at radius 2 is 1.51 bits per heavy atom. The first kappa shape index (κ1) is 24.6. The van der Waals surface area contributed by atoms with Crippen LogP contribution in [-0.2, 0) is 0 Å². The fourth-order valence-corrected chi connectivity index (χ4v) is 5.83. The van der Waals surface area contributed by atoms with E-state index in [9.17, 15) is 0 Å². The molecule has 0 saturated heterocycles. The molecule has 0 fully saturated rings. The van der Waals surface area contributed by atoms with E-state index in [1.807, 2.05) is 37.8 Å². The lowest BCUT2D eigenvalue weighted by Crippen LogP contribution is -2.00. The summed E-state index contributed by atoms with van der Waals surface area (Å²) in [5, 5.41) is 7.19. The molecular formula is C36H29N5. The summed E-state index contributed by atoms with van der Waals surface area (Å²) in [5.41, 5.74) is 9.86. The van der Waals surface area contributed by atoms with Crippen molar-refractivity contribution in [3.05, 3.63) is 139 Å². The first-order valence-electron chi connectivity index (χ1n) is 13.8. The number of fused-ring (bicyclic) bond motifs is 4. The molecule has 6 aromatic rings. The number of allylic oxidation sites excluding steroid dienone is 6. The molecule has 0 radical (unpaired) electrons. The average Bonchev–Trinajstić information content (AvgIpc) is 3.41. The Morgan fingerprint density at radius 1 is 0.780 bits per heavy atom. The van der Waals surface area contributed by atoms with Gasteiger partial charge in [-0.1, -0.05) is 49.1 Å². The van der Waals surface area contributed by atoms with E-state index in [-0.39, 0.29) is 0 Å². The van der Waals surface area contributed by atoms with E-state index in [1.54, 1.807) is 0 Å². The van der Waals surface area contributed by atoms with Crippen LogP contribution in [0.4, 0.5) is 5.69 Å². The lowest BCUT2D eigenvalue weighted by Gasteiger charge is -2.12. The molecule has 0 atom stereocenters. The van der Waals surface area contributed by atoms with Gasteiger partial charge in [-0.2, -0.15) is 0 Å². The quantitative estimate of drug-likeness (QED) is 0.233. The molecule has 1 N–H and O–H groups in total. The Bertz CT molecular complexity index is 2010. The molecule has 1 aliphatic rings. The summed E-state index contributed by atoms with van der Waals surface area (Å²) in [6, 6.07) is 21.2. The SMILES string of the molecule is C=Cc1c(/C=C\C)n(-c2ccc(NC3=CCC=C(n4c5ccccc5c5ccncc54)C=C3)cc2)c2cnccc12. The van der Waals surface area contributed by atoms with Crippen molar-refractivity contribution in [2.75, 3.05) is 5.32 Å². The van der Waals surface area contributed by atoms with Crippen molar-refractivity contribution < 1.29 is 0 Å². The zero-order valence-corrected chi connectivity index (χ0v) is 22.8. The van der Waals surface area contributed by atoms with Crippen LogP contribution in [0.25, 0.3) is 56.2 Å². The second-order valence-electron chi connectivity index (χ2n) is 10.0. The predicted molar refractivity (Wildman–Crippen MR) is 173 cm³/mol. The van der Waals surface area contributed by atoms with Crippen molar-refractivity contribution in [2.45, 2.75) is 13.3 Å². The average molecular weight is 532 g/mol. The van der Waals surface area contributed by atoms with Crippen molar-refractivity contribution >= 4 is 56.2 Å². The molecule has 5 nitrogen and oxygen atoms in total. The highest BCUT2D eigenvalue weighted by atomic mass is 15.0. The molecule has 2 aromatic carbocycles. The van der Waals surface area contributed by atoms with Crippen LogP contribution in [0.15, 0.2) is 128 Å². The number of anilines is 1. The van der Waals surface area contributed by atoms with Crippen LogP contribution in [0.2, 0.25) is 0 Å². The van der Waals surface area contributed by atoms with E-state index >= 15 is 0 Å². The molecule has 4 heterocycles. The predicted octanol–water partition coefficient (Wildman–Crippen LogP) is 9.00. The summed E-state index contributed by atoms with van der Waals surface area (Å²) in [5.74, 6) is 0. The standard InChI is InChI=1S/C36H29N5/c1-3-8-33-29(4-2)31-19-21-37-23-35(31)41(33)28-17-14-26(15-18-28)39-25-9-7-10-27(16-13-25)40-34-12-6-5-11-30(34)32-20-22-38-24-36(32)40/h3-6,8-24,39H,2,7H2,1H3/b8-3-.